The fourth-order valence-electron chi connectivity index (χ4n) is 1.31. The van der Waals surface area contributed by atoms with E-state index in [1.165, 1.54) is 0 Å². The van der Waals surface area contributed by atoms with Gasteiger partial charge in [-0.2, -0.15) is 0 Å². The number of carbonyl (C=O) groups excluding carboxylic acids is 1. The maximum atomic E-state index is 11.5. The van der Waals surface area contributed by atoms with E-state index in [0.717, 1.165) is 11.1 Å². The van der Waals surface area contributed by atoms with Crippen molar-refractivity contribution >= 4 is 11.7 Å². The van der Waals surface area contributed by atoms with Gasteiger partial charge in [-0.1, -0.05) is 12.1 Å². The van der Waals surface area contributed by atoms with E-state index in [-0.39, 0.29) is 5.97 Å². The smallest absolute Gasteiger partial charge is 0.340 e. The van der Waals surface area contributed by atoms with Crippen molar-refractivity contribution in [3.63, 3.8) is 0 Å². The molecule has 2 N–H and O–H groups in total. The Morgan fingerprint density at radius 1 is 1.36 bits per heavy atom. The largest absolute Gasteiger partial charge is 0.462 e. The van der Waals surface area contributed by atoms with E-state index in [1.54, 1.807) is 6.92 Å². The van der Waals surface area contributed by atoms with Crippen LogP contribution in [0.15, 0.2) is 12.1 Å². The van der Waals surface area contributed by atoms with Crippen LogP contribution in [0.2, 0.25) is 0 Å². The lowest BCUT2D eigenvalue weighted by atomic mass is 10.0. The first kappa shape index (κ1) is 10.6. The second-order valence-corrected chi connectivity index (χ2v) is 3.21. The Kier molecular flexibility index (Phi) is 3.12. The number of hydrogen-bond donors (Lipinski definition) is 1. The van der Waals surface area contributed by atoms with E-state index in [9.17, 15) is 4.79 Å². The molecule has 0 amide bonds. The van der Waals surface area contributed by atoms with Crippen LogP contribution in [0.25, 0.3) is 0 Å². The Morgan fingerprint density at radius 3 is 2.50 bits per heavy atom. The van der Waals surface area contributed by atoms with Gasteiger partial charge in [0.05, 0.1) is 12.2 Å². The molecule has 0 aliphatic rings. The number of esters is 1. The Hall–Kier alpha value is -1.51. The van der Waals surface area contributed by atoms with Gasteiger partial charge in [-0.05, 0) is 31.9 Å². The van der Waals surface area contributed by atoms with Crippen LogP contribution in [-0.4, -0.2) is 12.6 Å². The van der Waals surface area contributed by atoms with Gasteiger partial charge in [0.25, 0.3) is 0 Å². The van der Waals surface area contributed by atoms with Crippen molar-refractivity contribution in [2.45, 2.75) is 20.8 Å². The van der Waals surface area contributed by atoms with Gasteiger partial charge in [-0.25, -0.2) is 4.79 Å². The normalized spacial score (nSPS) is 9.93. The van der Waals surface area contributed by atoms with Crippen LogP contribution in [0.4, 0.5) is 5.69 Å². The lowest BCUT2D eigenvalue weighted by Gasteiger charge is -2.10. The van der Waals surface area contributed by atoms with Crippen LogP contribution >= 0.6 is 0 Å². The summed E-state index contributed by atoms with van der Waals surface area (Å²) < 4.78 is 4.93. The summed E-state index contributed by atoms with van der Waals surface area (Å²) in [6.07, 6.45) is 0. The van der Waals surface area contributed by atoms with E-state index in [1.807, 2.05) is 26.0 Å². The Bertz CT molecular complexity index is 359. The molecule has 0 atom stereocenters. The van der Waals surface area contributed by atoms with Crippen molar-refractivity contribution in [2.24, 2.45) is 0 Å². The predicted octanol–water partition coefficient (Wildman–Crippen LogP) is 2.06. The fraction of sp³-hybridized carbons (Fsp3) is 0.364. The van der Waals surface area contributed by atoms with Gasteiger partial charge in [0.15, 0.2) is 0 Å². The van der Waals surface area contributed by atoms with Crippen LogP contribution in [0.5, 0.6) is 0 Å². The molecule has 0 aromatic heterocycles. The minimum Gasteiger partial charge on any atom is -0.462 e. The Morgan fingerprint density at radius 2 is 1.93 bits per heavy atom. The zero-order valence-corrected chi connectivity index (χ0v) is 8.76. The first-order valence-corrected chi connectivity index (χ1v) is 4.60. The third-order valence-electron chi connectivity index (χ3n) is 2.15. The molecule has 0 fully saturated rings. The molecule has 0 saturated carbocycles. The summed E-state index contributed by atoms with van der Waals surface area (Å²) in [5.74, 6) is -0.341. The van der Waals surface area contributed by atoms with Crippen molar-refractivity contribution in [3.05, 3.63) is 28.8 Å². The number of hydrogen-bond acceptors (Lipinski definition) is 3. The molecule has 0 heterocycles. The first-order chi connectivity index (χ1) is 6.57. The molecular weight excluding hydrogens is 178 g/mol. The first-order valence-electron chi connectivity index (χ1n) is 4.60. The van der Waals surface area contributed by atoms with Crippen molar-refractivity contribution in [1.29, 1.82) is 0 Å². The summed E-state index contributed by atoms with van der Waals surface area (Å²) in [7, 11) is 0. The Labute approximate surface area is 83.9 Å². The number of nitrogens with two attached hydrogens (primary N) is 1. The molecule has 0 spiro atoms. The molecular formula is C11H15NO2. The second kappa shape index (κ2) is 4.13. The van der Waals surface area contributed by atoms with E-state index in [2.05, 4.69) is 0 Å². The number of anilines is 1. The quantitative estimate of drug-likeness (QED) is 0.577. The number of benzene rings is 1. The van der Waals surface area contributed by atoms with E-state index in [0.29, 0.717) is 17.9 Å². The molecule has 0 saturated heterocycles. The standard InChI is InChI=1S/C11H15NO2/c1-4-14-11(13)9-7(2)5-6-8(3)10(9)12/h5-6H,4,12H2,1-3H3. The average Bonchev–Trinajstić information content (AvgIpc) is 2.13. The Balaban J connectivity index is 3.18. The van der Waals surface area contributed by atoms with E-state index in [4.69, 9.17) is 10.5 Å². The topological polar surface area (TPSA) is 52.3 Å². The minimum absolute atomic E-state index is 0.341. The van der Waals surface area contributed by atoms with Crippen LogP contribution in [0.1, 0.15) is 28.4 Å². The fourth-order valence-corrected chi connectivity index (χ4v) is 1.31. The van der Waals surface area contributed by atoms with E-state index >= 15 is 0 Å². The number of rotatable bonds is 2. The van der Waals surface area contributed by atoms with Crippen molar-refractivity contribution in [3.8, 4) is 0 Å². The van der Waals surface area contributed by atoms with Crippen LogP contribution in [0, 0.1) is 13.8 Å². The highest BCUT2D eigenvalue weighted by molar-refractivity contribution is 5.97. The van der Waals surface area contributed by atoms with Crippen LogP contribution < -0.4 is 5.73 Å². The maximum absolute atomic E-state index is 11.5. The van der Waals surface area contributed by atoms with Crippen molar-refractivity contribution in [2.75, 3.05) is 12.3 Å². The van der Waals surface area contributed by atoms with Crippen LogP contribution in [-0.2, 0) is 4.74 Å². The van der Waals surface area contributed by atoms with Crippen molar-refractivity contribution in [1.82, 2.24) is 0 Å². The molecule has 0 bridgehead atoms. The van der Waals surface area contributed by atoms with Gasteiger partial charge in [0.2, 0.25) is 0 Å². The zero-order valence-electron chi connectivity index (χ0n) is 8.76. The van der Waals surface area contributed by atoms with Gasteiger partial charge in [0, 0.05) is 5.69 Å². The molecule has 1 aromatic rings. The zero-order chi connectivity index (χ0) is 10.7. The lowest BCUT2D eigenvalue weighted by Crippen LogP contribution is -2.11. The van der Waals surface area contributed by atoms with Gasteiger partial charge < -0.3 is 10.5 Å². The monoisotopic (exact) mass is 193 g/mol. The van der Waals surface area contributed by atoms with Crippen molar-refractivity contribution < 1.29 is 9.53 Å². The number of aryl methyl sites for hydroxylation is 2. The van der Waals surface area contributed by atoms with E-state index < -0.39 is 0 Å². The molecule has 14 heavy (non-hydrogen) atoms. The highest BCUT2D eigenvalue weighted by atomic mass is 16.5. The number of ether oxygens (including phenoxy) is 1. The molecule has 1 rings (SSSR count). The molecule has 0 aliphatic carbocycles. The maximum Gasteiger partial charge on any atom is 0.340 e. The minimum atomic E-state index is -0.341. The average molecular weight is 193 g/mol. The molecule has 3 heteroatoms. The summed E-state index contributed by atoms with van der Waals surface area (Å²) in [5.41, 5.74) is 8.58. The predicted molar refractivity (Wildman–Crippen MR) is 56.3 cm³/mol. The summed E-state index contributed by atoms with van der Waals surface area (Å²) in [5, 5.41) is 0. The number of nitrogen functional groups attached to an aromatic ring is 1. The van der Waals surface area contributed by atoms with Gasteiger partial charge in [-0.15, -0.1) is 0 Å². The molecule has 3 nitrogen and oxygen atoms in total. The molecule has 1 aromatic carbocycles. The summed E-state index contributed by atoms with van der Waals surface area (Å²) in [4.78, 5) is 11.5. The molecule has 0 unspecified atom stereocenters. The van der Waals surface area contributed by atoms with Gasteiger partial charge in [-0.3, -0.25) is 0 Å². The van der Waals surface area contributed by atoms with Gasteiger partial charge >= 0.3 is 5.97 Å². The third kappa shape index (κ3) is 1.87. The lowest BCUT2D eigenvalue weighted by molar-refractivity contribution is 0.0526. The molecule has 76 valence electrons. The highest BCUT2D eigenvalue weighted by Gasteiger charge is 2.14. The third-order valence-corrected chi connectivity index (χ3v) is 2.15. The van der Waals surface area contributed by atoms with Gasteiger partial charge in [0.1, 0.15) is 0 Å². The number of carbonyl (C=O) groups is 1. The second-order valence-electron chi connectivity index (χ2n) is 3.21. The molecule has 0 radical (unpaired) electrons. The summed E-state index contributed by atoms with van der Waals surface area (Å²) in [6.45, 7) is 5.87. The molecule has 0 aliphatic heterocycles. The SMILES string of the molecule is CCOC(=O)c1c(C)ccc(C)c1N. The summed E-state index contributed by atoms with van der Waals surface area (Å²) in [6, 6.07) is 3.77. The highest BCUT2D eigenvalue weighted by Crippen LogP contribution is 2.21. The van der Waals surface area contributed by atoms with Crippen LogP contribution in [0.3, 0.4) is 0 Å². The summed E-state index contributed by atoms with van der Waals surface area (Å²) >= 11 is 0.